The Morgan fingerprint density at radius 3 is 2.88 bits per heavy atom. The standard InChI is InChI=1S/C16H12FN4OPS/c1-21-5-4-18-15(21)14-19-12-10(7-24-13(12)16(22)20-14)9-3-2-8(23)6-11(9)17/h2-7H,23H2,1H3,(H,19,20,22). The molecule has 3 aromatic heterocycles. The van der Waals surface area contributed by atoms with E-state index in [1.165, 1.54) is 17.4 Å². The van der Waals surface area contributed by atoms with Gasteiger partial charge >= 0.3 is 0 Å². The molecule has 0 aliphatic heterocycles. The summed E-state index contributed by atoms with van der Waals surface area (Å²) in [5.41, 5.74) is 1.27. The monoisotopic (exact) mass is 358 g/mol. The quantitative estimate of drug-likeness (QED) is 0.561. The van der Waals surface area contributed by atoms with Gasteiger partial charge in [-0.15, -0.1) is 20.6 Å². The molecule has 24 heavy (non-hydrogen) atoms. The largest absolute Gasteiger partial charge is 0.331 e. The second kappa shape index (κ2) is 5.61. The maximum Gasteiger partial charge on any atom is 0.269 e. The zero-order chi connectivity index (χ0) is 16.8. The normalized spacial score (nSPS) is 11.3. The molecule has 0 spiro atoms. The van der Waals surface area contributed by atoms with Gasteiger partial charge in [-0.05, 0) is 11.4 Å². The molecular weight excluding hydrogens is 346 g/mol. The van der Waals surface area contributed by atoms with Crippen molar-refractivity contribution in [1.82, 2.24) is 19.5 Å². The van der Waals surface area contributed by atoms with Crippen molar-refractivity contribution >= 4 is 36.1 Å². The average Bonchev–Trinajstić information content (AvgIpc) is 3.14. The smallest absolute Gasteiger partial charge is 0.269 e. The zero-order valence-electron chi connectivity index (χ0n) is 12.6. The summed E-state index contributed by atoms with van der Waals surface area (Å²) in [6, 6.07) is 4.94. The van der Waals surface area contributed by atoms with E-state index in [-0.39, 0.29) is 11.4 Å². The van der Waals surface area contributed by atoms with Crippen molar-refractivity contribution in [2.24, 2.45) is 7.05 Å². The van der Waals surface area contributed by atoms with Gasteiger partial charge in [-0.1, -0.05) is 12.1 Å². The van der Waals surface area contributed by atoms with Gasteiger partial charge in [-0.3, -0.25) is 4.79 Å². The van der Waals surface area contributed by atoms with E-state index in [1.54, 1.807) is 34.5 Å². The number of H-pyrrole nitrogens is 1. The lowest BCUT2D eigenvalue weighted by Gasteiger charge is -2.05. The Morgan fingerprint density at radius 1 is 1.33 bits per heavy atom. The van der Waals surface area contributed by atoms with Gasteiger partial charge in [-0.2, -0.15) is 0 Å². The minimum Gasteiger partial charge on any atom is -0.331 e. The first-order valence-electron chi connectivity index (χ1n) is 7.09. The summed E-state index contributed by atoms with van der Waals surface area (Å²) in [7, 11) is 4.28. The first-order chi connectivity index (χ1) is 11.5. The molecule has 1 N–H and O–H groups in total. The molecule has 1 unspecified atom stereocenters. The van der Waals surface area contributed by atoms with E-state index in [0.29, 0.717) is 33.0 Å². The highest BCUT2D eigenvalue weighted by atomic mass is 32.1. The van der Waals surface area contributed by atoms with Crippen molar-refractivity contribution in [2.45, 2.75) is 0 Å². The van der Waals surface area contributed by atoms with E-state index in [2.05, 4.69) is 24.2 Å². The Kier molecular flexibility index (Phi) is 3.55. The molecule has 0 radical (unpaired) electrons. The van der Waals surface area contributed by atoms with Crippen LogP contribution in [0.25, 0.3) is 33.0 Å². The third kappa shape index (κ3) is 2.37. The van der Waals surface area contributed by atoms with E-state index in [9.17, 15) is 9.18 Å². The molecule has 3 heterocycles. The number of rotatable bonds is 2. The van der Waals surface area contributed by atoms with Gasteiger partial charge < -0.3 is 9.55 Å². The minimum atomic E-state index is -0.345. The van der Waals surface area contributed by atoms with Crippen LogP contribution in [0.1, 0.15) is 0 Å². The van der Waals surface area contributed by atoms with Crippen LogP contribution >= 0.6 is 20.6 Å². The highest BCUT2D eigenvalue weighted by molar-refractivity contribution is 7.27. The summed E-state index contributed by atoms with van der Waals surface area (Å²) in [6.45, 7) is 0. The van der Waals surface area contributed by atoms with Crippen LogP contribution in [0.15, 0.2) is 40.8 Å². The number of aromatic amines is 1. The molecule has 0 saturated carbocycles. The Bertz CT molecular complexity index is 1130. The lowest BCUT2D eigenvalue weighted by Crippen LogP contribution is -2.10. The molecule has 1 aromatic carbocycles. The number of thiophene rings is 1. The number of imidazole rings is 1. The summed E-state index contributed by atoms with van der Waals surface area (Å²) in [4.78, 5) is 23.9. The lowest BCUT2D eigenvalue weighted by molar-refractivity contribution is 0.632. The number of halogens is 1. The predicted octanol–water partition coefficient (Wildman–Crippen LogP) is 2.69. The molecule has 0 bridgehead atoms. The van der Waals surface area contributed by atoms with Gasteiger partial charge in [0.2, 0.25) is 0 Å². The van der Waals surface area contributed by atoms with Crippen LogP contribution in [0.5, 0.6) is 0 Å². The van der Waals surface area contributed by atoms with Crippen molar-refractivity contribution in [3.05, 3.63) is 52.1 Å². The number of hydrogen-bond donors (Lipinski definition) is 1. The minimum absolute atomic E-state index is 0.252. The molecule has 4 aromatic rings. The number of hydrogen-bond acceptors (Lipinski definition) is 4. The van der Waals surface area contributed by atoms with Gasteiger partial charge in [-0.25, -0.2) is 14.4 Å². The van der Waals surface area contributed by atoms with Gasteiger partial charge in [0.1, 0.15) is 10.5 Å². The summed E-state index contributed by atoms with van der Waals surface area (Å²) in [5.74, 6) is 0.567. The van der Waals surface area contributed by atoms with Crippen LogP contribution in [0.4, 0.5) is 4.39 Å². The number of aromatic nitrogens is 4. The molecule has 0 amide bonds. The summed E-state index contributed by atoms with van der Waals surface area (Å²) < 4.78 is 16.6. The molecule has 0 saturated heterocycles. The molecule has 8 heteroatoms. The van der Waals surface area contributed by atoms with Crippen molar-refractivity contribution in [2.75, 3.05) is 0 Å². The third-order valence-electron chi connectivity index (χ3n) is 3.74. The molecular formula is C16H12FN4OPS. The Hall–Kier alpha value is -2.37. The summed E-state index contributed by atoms with van der Waals surface area (Å²) in [5, 5.41) is 2.52. The van der Waals surface area contributed by atoms with E-state index < -0.39 is 0 Å². The van der Waals surface area contributed by atoms with Crippen LogP contribution < -0.4 is 10.9 Å². The number of aryl methyl sites for hydroxylation is 1. The van der Waals surface area contributed by atoms with Gasteiger partial charge in [0.05, 0.1) is 5.52 Å². The first-order valence-corrected chi connectivity index (χ1v) is 8.55. The topological polar surface area (TPSA) is 63.6 Å². The van der Waals surface area contributed by atoms with Crippen LogP contribution in [0.3, 0.4) is 0 Å². The second-order valence-electron chi connectivity index (χ2n) is 5.34. The molecule has 1 atom stereocenters. The van der Waals surface area contributed by atoms with Crippen LogP contribution in [0, 0.1) is 5.82 Å². The molecule has 5 nitrogen and oxygen atoms in total. The van der Waals surface area contributed by atoms with Crippen molar-refractivity contribution in [3.63, 3.8) is 0 Å². The average molecular weight is 358 g/mol. The molecule has 4 rings (SSSR count). The van der Waals surface area contributed by atoms with E-state index in [1.807, 2.05) is 7.05 Å². The number of nitrogens with zero attached hydrogens (tertiary/aromatic N) is 3. The fourth-order valence-electron chi connectivity index (χ4n) is 2.57. The molecule has 120 valence electrons. The number of nitrogens with one attached hydrogen (secondary N) is 1. The maximum atomic E-state index is 14.3. The highest BCUT2D eigenvalue weighted by Crippen LogP contribution is 2.33. The van der Waals surface area contributed by atoms with Gasteiger partial charge in [0.25, 0.3) is 5.56 Å². The van der Waals surface area contributed by atoms with Crippen LogP contribution in [-0.2, 0) is 7.05 Å². The Balaban J connectivity index is 2.00. The SMILES string of the molecule is Cn1ccnc1-c1nc2c(-c3ccc(P)cc3F)csc2c(=O)[nH]1. The Morgan fingerprint density at radius 2 is 2.17 bits per heavy atom. The number of benzene rings is 1. The maximum absolute atomic E-state index is 14.3. The van der Waals surface area contributed by atoms with E-state index in [4.69, 9.17) is 0 Å². The third-order valence-corrected chi connectivity index (χ3v) is 5.07. The number of fused-ring (bicyclic) bond motifs is 1. The van der Waals surface area contributed by atoms with Crippen LogP contribution in [0.2, 0.25) is 0 Å². The first kappa shape index (κ1) is 15.2. The van der Waals surface area contributed by atoms with E-state index in [0.717, 1.165) is 5.30 Å². The summed E-state index contributed by atoms with van der Waals surface area (Å²) >= 11 is 1.25. The highest BCUT2D eigenvalue weighted by Gasteiger charge is 2.17. The van der Waals surface area contributed by atoms with Crippen molar-refractivity contribution in [3.8, 4) is 22.8 Å². The fourth-order valence-corrected chi connectivity index (χ4v) is 3.71. The molecule has 0 aliphatic carbocycles. The van der Waals surface area contributed by atoms with E-state index >= 15 is 0 Å². The van der Waals surface area contributed by atoms with Crippen molar-refractivity contribution in [1.29, 1.82) is 0 Å². The van der Waals surface area contributed by atoms with Gasteiger partial charge in [0.15, 0.2) is 11.6 Å². The predicted molar refractivity (Wildman–Crippen MR) is 97.2 cm³/mol. The van der Waals surface area contributed by atoms with Crippen LogP contribution in [-0.4, -0.2) is 19.5 Å². The van der Waals surface area contributed by atoms with Crippen molar-refractivity contribution < 1.29 is 4.39 Å². The van der Waals surface area contributed by atoms with Gasteiger partial charge in [0, 0.05) is 35.9 Å². The Labute approximate surface area is 142 Å². The zero-order valence-corrected chi connectivity index (χ0v) is 14.5. The molecule has 0 fully saturated rings. The summed E-state index contributed by atoms with van der Waals surface area (Å²) in [6.07, 6.45) is 3.40. The second-order valence-corrected chi connectivity index (χ2v) is 6.89. The fraction of sp³-hybridized carbons (Fsp3) is 0.0625. The lowest BCUT2D eigenvalue weighted by atomic mass is 10.1. The molecule has 0 aliphatic rings.